The summed E-state index contributed by atoms with van der Waals surface area (Å²) >= 11 is 0. The SMILES string of the molecule is O=C(NC1CCCCC1)[C@H]1CCCN(C(=O)C2CCCCC2)C1. The number of nitrogens with zero attached hydrogens (tertiary/aromatic N) is 1. The molecule has 0 aromatic heterocycles. The highest BCUT2D eigenvalue weighted by molar-refractivity contribution is 5.82. The van der Waals surface area contributed by atoms with Crippen molar-refractivity contribution in [1.29, 1.82) is 0 Å². The van der Waals surface area contributed by atoms with Crippen LogP contribution in [0.3, 0.4) is 0 Å². The zero-order valence-corrected chi connectivity index (χ0v) is 14.4. The first-order valence-corrected chi connectivity index (χ1v) is 9.83. The first kappa shape index (κ1) is 16.8. The Hall–Kier alpha value is -1.06. The molecule has 2 amide bonds. The van der Waals surface area contributed by atoms with Gasteiger partial charge in [-0.25, -0.2) is 0 Å². The molecule has 1 atom stereocenters. The maximum atomic E-state index is 12.7. The monoisotopic (exact) mass is 320 g/mol. The molecule has 130 valence electrons. The first-order valence-electron chi connectivity index (χ1n) is 9.83. The number of likely N-dealkylation sites (tertiary alicyclic amines) is 1. The first-order chi connectivity index (χ1) is 11.2. The van der Waals surface area contributed by atoms with Crippen LogP contribution in [0.4, 0.5) is 0 Å². The normalized spacial score (nSPS) is 27.7. The number of hydrogen-bond donors (Lipinski definition) is 1. The average Bonchev–Trinajstić information content (AvgIpc) is 2.63. The van der Waals surface area contributed by atoms with Crippen LogP contribution < -0.4 is 5.32 Å². The minimum Gasteiger partial charge on any atom is -0.353 e. The zero-order chi connectivity index (χ0) is 16.1. The van der Waals surface area contributed by atoms with Crippen LogP contribution in [0.2, 0.25) is 0 Å². The van der Waals surface area contributed by atoms with E-state index in [1.54, 1.807) is 0 Å². The number of nitrogens with one attached hydrogen (secondary N) is 1. The van der Waals surface area contributed by atoms with E-state index in [2.05, 4.69) is 5.32 Å². The molecule has 1 N–H and O–H groups in total. The van der Waals surface area contributed by atoms with E-state index in [0.29, 0.717) is 18.5 Å². The molecular weight excluding hydrogens is 288 g/mol. The Balaban J connectivity index is 1.50. The molecule has 0 aromatic rings. The van der Waals surface area contributed by atoms with Gasteiger partial charge >= 0.3 is 0 Å². The number of carbonyl (C=O) groups excluding carboxylic acids is 2. The van der Waals surface area contributed by atoms with Crippen molar-refractivity contribution in [2.24, 2.45) is 11.8 Å². The van der Waals surface area contributed by atoms with Gasteiger partial charge in [0.25, 0.3) is 0 Å². The van der Waals surface area contributed by atoms with Crippen molar-refractivity contribution < 1.29 is 9.59 Å². The van der Waals surface area contributed by atoms with E-state index in [1.807, 2.05) is 4.90 Å². The molecule has 1 saturated heterocycles. The van der Waals surface area contributed by atoms with Crippen molar-refractivity contribution in [3.05, 3.63) is 0 Å². The largest absolute Gasteiger partial charge is 0.353 e. The minimum atomic E-state index is 0.0122. The second-order valence-electron chi connectivity index (χ2n) is 7.80. The Morgan fingerprint density at radius 3 is 2.04 bits per heavy atom. The van der Waals surface area contributed by atoms with Gasteiger partial charge in [0, 0.05) is 25.0 Å². The third-order valence-electron chi connectivity index (χ3n) is 6.01. The van der Waals surface area contributed by atoms with Crippen LogP contribution in [0.25, 0.3) is 0 Å². The lowest BCUT2D eigenvalue weighted by molar-refractivity contribution is -0.140. The fourth-order valence-electron chi connectivity index (χ4n) is 4.57. The number of carbonyl (C=O) groups is 2. The molecule has 1 aliphatic heterocycles. The quantitative estimate of drug-likeness (QED) is 0.868. The third-order valence-corrected chi connectivity index (χ3v) is 6.01. The van der Waals surface area contributed by atoms with Gasteiger partial charge in [-0.1, -0.05) is 38.5 Å². The molecule has 3 aliphatic rings. The van der Waals surface area contributed by atoms with Crippen LogP contribution in [-0.2, 0) is 9.59 Å². The highest BCUT2D eigenvalue weighted by Crippen LogP contribution is 2.28. The fourth-order valence-corrected chi connectivity index (χ4v) is 4.57. The third kappa shape index (κ3) is 4.48. The summed E-state index contributed by atoms with van der Waals surface area (Å²) in [6, 6.07) is 0.376. The zero-order valence-electron chi connectivity index (χ0n) is 14.4. The van der Waals surface area contributed by atoms with E-state index in [-0.39, 0.29) is 17.7 Å². The van der Waals surface area contributed by atoms with Gasteiger partial charge in [0.15, 0.2) is 0 Å². The molecule has 0 unspecified atom stereocenters. The summed E-state index contributed by atoms with van der Waals surface area (Å²) in [6.45, 7) is 1.50. The van der Waals surface area contributed by atoms with Gasteiger partial charge < -0.3 is 10.2 Å². The Bertz CT molecular complexity index is 412. The van der Waals surface area contributed by atoms with Gasteiger partial charge in [0.05, 0.1) is 5.92 Å². The summed E-state index contributed by atoms with van der Waals surface area (Å²) in [6.07, 6.45) is 13.7. The Kier molecular flexibility index (Phi) is 5.96. The van der Waals surface area contributed by atoms with Crippen LogP contribution >= 0.6 is 0 Å². The molecular formula is C19H32N2O2. The molecule has 23 heavy (non-hydrogen) atoms. The van der Waals surface area contributed by atoms with E-state index >= 15 is 0 Å². The highest BCUT2D eigenvalue weighted by atomic mass is 16.2. The maximum Gasteiger partial charge on any atom is 0.225 e. The molecule has 4 heteroatoms. The molecule has 2 saturated carbocycles. The molecule has 1 heterocycles. The predicted molar refractivity (Wildman–Crippen MR) is 90.9 cm³/mol. The second kappa shape index (κ2) is 8.16. The van der Waals surface area contributed by atoms with E-state index < -0.39 is 0 Å². The summed E-state index contributed by atoms with van der Waals surface area (Å²) in [4.78, 5) is 27.3. The van der Waals surface area contributed by atoms with Crippen LogP contribution in [0, 0.1) is 11.8 Å². The lowest BCUT2D eigenvalue weighted by Crippen LogP contribution is -2.49. The highest BCUT2D eigenvalue weighted by Gasteiger charge is 2.32. The Morgan fingerprint density at radius 2 is 1.35 bits per heavy atom. The van der Waals surface area contributed by atoms with Crippen LogP contribution in [0.15, 0.2) is 0 Å². The van der Waals surface area contributed by atoms with Crippen LogP contribution in [0.5, 0.6) is 0 Å². The topological polar surface area (TPSA) is 49.4 Å². The predicted octanol–water partition coefficient (Wildman–Crippen LogP) is 3.25. The molecule has 0 radical (unpaired) electrons. The molecule has 0 bridgehead atoms. The van der Waals surface area contributed by atoms with Gasteiger partial charge in [-0.3, -0.25) is 9.59 Å². The van der Waals surface area contributed by atoms with Gasteiger partial charge in [-0.2, -0.15) is 0 Å². The van der Waals surface area contributed by atoms with E-state index in [1.165, 1.54) is 38.5 Å². The van der Waals surface area contributed by atoms with Crippen molar-refractivity contribution >= 4 is 11.8 Å². The van der Waals surface area contributed by atoms with Crippen molar-refractivity contribution in [1.82, 2.24) is 10.2 Å². The molecule has 2 aliphatic carbocycles. The molecule has 4 nitrogen and oxygen atoms in total. The van der Waals surface area contributed by atoms with E-state index in [9.17, 15) is 9.59 Å². The number of rotatable bonds is 3. The van der Waals surface area contributed by atoms with Gasteiger partial charge in [0.2, 0.25) is 11.8 Å². The maximum absolute atomic E-state index is 12.7. The van der Waals surface area contributed by atoms with Crippen LogP contribution in [0.1, 0.15) is 77.0 Å². The number of piperidine rings is 1. The minimum absolute atomic E-state index is 0.0122. The van der Waals surface area contributed by atoms with Crippen LogP contribution in [-0.4, -0.2) is 35.8 Å². The number of hydrogen-bond acceptors (Lipinski definition) is 2. The fraction of sp³-hybridized carbons (Fsp3) is 0.895. The van der Waals surface area contributed by atoms with Gasteiger partial charge in [0.1, 0.15) is 0 Å². The average molecular weight is 320 g/mol. The molecule has 0 spiro atoms. The van der Waals surface area contributed by atoms with Crippen molar-refractivity contribution in [3.8, 4) is 0 Å². The van der Waals surface area contributed by atoms with Gasteiger partial charge in [-0.05, 0) is 38.5 Å². The van der Waals surface area contributed by atoms with Crippen molar-refractivity contribution in [3.63, 3.8) is 0 Å². The summed E-state index contributed by atoms with van der Waals surface area (Å²) in [5.41, 5.74) is 0. The summed E-state index contributed by atoms with van der Waals surface area (Å²) in [7, 11) is 0. The van der Waals surface area contributed by atoms with Crippen molar-refractivity contribution in [2.45, 2.75) is 83.1 Å². The summed E-state index contributed by atoms with van der Waals surface area (Å²) in [5.74, 6) is 0.750. The summed E-state index contributed by atoms with van der Waals surface area (Å²) in [5, 5.41) is 3.25. The van der Waals surface area contributed by atoms with E-state index in [0.717, 1.165) is 45.1 Å². The van der Waals surface area contributed by atoms with E-state index in [4.69, 9.17) is 0 Å². The Labute approximate surface area is 140 Å². The molecule has 3 rings (SSSR count). The van der Waals surface area contributed by atoms with Gasteiger partial charge in [-0.15, -0.1) is 0 Å². The lowest BCUT2D eigenvalue weighted by atomic mass is 9.87. The Morgan fingerprint density at radius 1 is 0.739 bits per heavy atom. The molecule has 3 fully saturated rings. The number of amides is 2. The standard InChI is InChI=1S/C19H32N2O2/c22-18(20-17-11-5-2-6-12-17)16-10-7-13-21(14-16)19(23)15-8-3-1-4-9-15/h15-17H,1-14H2,(H,20,22)/t16-/m0/s1. The smallest absolute Gasteiger partial charge is 0.225 e. The summed E-state index contributed by atoms with van der Waals surface area (Å²) < 4.78 is 0. The lowest BCUT2D eigenvalue weighted by Gasteiger charge is -2.36. The van der Waals surface area contributed by atoms with Crippen molar-refractivity contribution in [2.75, 3.05) is 13.1 Å². The molecule has 0 aromatic carbocycles. The second-order valence-corrected chi connectivity index (χ2v) is 7.80.